The largest absolute Gasteiger partial charge is 0.474 e. The van der Waals surface area contributed by atoms with Gasteiger partial charge >= 0.3 is 0 Å². The van der Waals surface area contributed by atoms with Gasteiger partial charge in [-0.25, -0.2) is 0 Å². The molecule has 0 aromatic rings. The molecule has 3 heteroatoms. The van der Waals surface area contributed by atoms with Crippen LogP contribution < -0.4 is 0 Å². The first-order valence-electron chi connectivity index (χ1n) is 6.44. The van der Waals surface area contributed by atoms with Gasteiger partial charge in [0.15, 0.2) is 0 Å². The van der Waals surface area contributed by atoms with E-state index in [4.69, 9.17) is 0 Å². The molecule has 0 radical (unpaired) electrons. The topological polar surface area (TPSA) is 49.7 Å². The predicted octanol–water partition coefficient (Wildman–Crippen LogP) is 2.60. The van der Waals surface area contributed by atoms with Crippen LogP contribution in [0.4, 0.5) is 0 Å². The summed E-state index contributed by atoms with van der Waals surface area (Å²) >= 11 is 0. The molecule has 4 unspecified atom stereocenters. The number of hydrogen-bond donors (Lipinski definition) is 2. The molecule has 3 nitrogen and oxygen atoms in total. The monoisotopic (exact) mass is 240 g/mol. The van der Waals surface area contributed by atoms with E-state index in [9.17, 15) is 10.2 Å². The van der Waals surface area contributed by atoms with Crippen LogP contribution in [0.3, 0.4) is 0 Å². The molecule has 2 aliphatic rings. The molecule has 0 aliphatic heterocycles. The van der Waals surface area contributed by atoms with Gasteiger partial charge in [-0.15, -0.1) is 0 Å². The van der Waals surface area contributed by atoms with Gasteiger partial charge in [-0.2, -0.15) is 0 Å². The summed E-state index contributed by atoms with van der Waals surface area (Å²) in [6.45, 7) is 6.51. The molecule has 2 N–H and O–H groups in total. The van der Waals surface area contributed by atoms with Crippen LogP contribution in [0.25, 0.3) is 0 Å². The first kappa shape index (κ1) is 14.3. The summed E-state index contributed by atoms with van der Waals surface area (Å²) in [6, 6.07) is 0. The van der Waals surface area contributed by atoms with Gasteiger partial charge in [-0.1, -0.05) is 32.4 Å². The number of hydrogen-bond acceptors (Lipinski definition) is 3. The maximum Gasteiger partial charge on any atom is 0.0829 e. The average Bonchev–Trinajstić information content (AvgIpc) is 2.36. The van der Waals surface area contributed by atoms with Gasteiger partial charge in [0.1, 0.15) is 0 Å². The van der Waals surface area contributed by atoms with Crippen LogP contribution in [0.15, 0.2) is 25.7 Å². The Morgan fingerprint density at radius 2 is 1.59 bits per heavy atom. The fourth-order valence-electron chi connectivity index (χ4n) is 2.95. The number of rotatable bonds is 2. The van der Waals surface area contributed by atoms with Crippen molar-refractivity contribution in [1.29, 1.82) is 0 Å². The van der Waals surface area contributed by atoms with Crippen LogP contribution in [0.5, 0.6) is 0 Å². The lowest BCUT2D eigenvalue weighted by atomic mass is 9.68. The molecule has 4 atom stereocenters. The average molecular weight is 240 g/mol. The van der Waals surface area contributed by atoms with Crippen LogP contribution in [0.2, 0.25) is 0 Å². The van der Waals surface area contributed by atoms with Crippen molar-refractivity contribution in [1.82, 2.24) is 0 Å². The molecule has 98 valence electrons. The summed E-state index contributed by atoms with van der Waals surface area (Å²) in [5, 5.41) is 19.2. The van der Waals surface area contributed by atoms with Crippen LogP contribution in [0, 0.1) is 11.8 Å². The maximum absolute atomic E-state index is 9.72. The van der Waals surface area contributed by atoms with Gasteiger partial charge in [0.25, 0.3) is 0 Å². The van der Waals surface area contributed by atoms with Crippen molar-refractivity contribution in [3.8, 4) is 0 Å². The Hall–Kier alpha value is -0.800. The third-order valence-corrected chi connectivity index (χ3v) is 3.83. The molecule has 0 heterocycles. The summed E-state index contributed by atoms with van der Waals surface area (Å²) in [5.74, 6) is 1.11. The summed E-state index contributed by atoms with van der Waals surface area (Å²) in [7, 11) is 0. The standard InChI is InChI=1S/C10H18O2.C4H6O/c11-9-6-5-7-3-1-2-4-8(7)10(9)12;1-3-5-4-2/h7-12H,1-6H2;3-4H,1-2H2. The third kappa shape index (κ3) is 4.17. The molecule has 17 heavy (non-hydrogen) atoms. The van der Waals surface area contributed by atoms with Crippen molar-refractivity contribution in [3.63, 3.8) is 0 Å². The highest BCUT2D eigenvalue weighted by molar-refractivity contribution is 4.89. The molecule has 0 spiro atoms. The summed E-state index contributed by atoms with van der Waals surface area (Å²) in [5.41, 5.74) is 0. The SMILES string of the molecule is C=COC=C.OC1CCC2CCCCC2C1O. The molecule has 0 aromatic heterocycles. The Kier molecular flexibility index (Phi) is 6.30. The Morgan fingerprint density at radius 3 is 2.18 bits per heavy atom. The van der Waals surface area contributed by atoms with Gasteiger partial charge < -0.3 is 14.9 Å². The molecule has 0 amide bonds. The van der Waals surface area contributed by atoms with E-state index >= 15 is 0 Å². The van der Waals surface area contributed by atoms with Gasteiger partial charge in [0, 0.05) is 0 Å². The lowest BCUT2D eigenvalue weighted by Crippen LogP contribution is -2.43. The zero-order chi connectivity index (χ0) is 12.7. The van der Waals surface area contributed by atoms with Gasteiger partial charge in [0.2, 0.25) is 0 Å². The van der Waals surface area contributed by atoms with Gasteiger partial charge in [0.05, 0.1) is 24.7 Å². The van der Waals surface area contributed by atoms with Crippen molar-refractivity contribution in [2.24, 2.45) is 11.8 Å². The minimum absolute atomic E-state index is 0.405. The van der Waals surface area contributed by atoms with Crippen LogP contribution in [-0.4, -0.2) is 22.4 Å². The highest BCUT2D eigenvalue weighted by Gasteiger charge is 2.38. The van der Waals surface area contributed by atoms with Crippen molar-refractivity contribution in [2.75, 3.05) is 0 Å². The Labute approximate surface area is 104 Å². The smallest absolute Gasteiger partial charge is 0.0829 e. The van der Waals surface area contributed by atoms with Crippen molar-refractivity contribution >= 4 is 0 Å². The first-order valence-corrected chi connectivity index (χ1v) is 6.44. The fourth-order valence-corrected chi connectivity index (χ4v) is 2.95. The predicted molar refractivity (Wildman–Crippen MR) is 68.2 cm³/mol. The maximum atomic E-state index is 9.72. The molecular formula is C14H24O3. The van der Waals surface area contributed by atoms with Crippen LogP contribution >= 0.6 is 0 Å². The quantitative estimate of drug-likeness (QED) is 0.729. The number of aliphatic hydroxyl groups excluding tert-OH is 2. The highest BCUT2D eigenvalue weighted by atomic mass is 16.5. The first-order chi connectivity index (χ1) is 8.20. The summed E-state index contributed by atoms with van der Waals surface area (Å²) in [4.78, 5) is 0. The normalized spacial score (nSPS) is 35.9. The van der Waals surface area contributed by atoms with E-state index in [1.165, 1.54) is 31.8 Å². The molecule has 2 fully saturated rings. The second-order valence-corrected chi connectivity index (χ2v) is 4.81. The van der Waals surface area contributed by atoms with Gasteiger partial charge in [-0.05, 0) is 31.1 Å². The molecule has 0 saturated heterocycles. The van der Waals surface area contributed by atoms with E-state index in [1.807, 2.05) is 0 Å². The van der Waals surface area contributed by atoms with E-state index < -0.39 is 12.2 Å². The molecule has 0 aromatic carbocycles. The summed E-state index contributed by atoms with van der Waals surface area (Å²) < 4.78 is 4.36. The zero-order valence-electron chi connectivity index (χ0n) is 10.4. The molecule has 0 bridgehead atoms. The molecule has 2 saturated carbocycles. The van der Waals surface area contributed by atoms with E-state index in [0.29, 0.717) is 11.8 Å². The molecule has 2 aliphatic carbocycles. The highest BCUT2D eigenvalue weighted by Crippen LogP contribution is 2.40. The number of fused-ring (bicyclic) bond motifs is 1. The Morgan fingerprint density at radius 1 is 0.941 bits per heavy atom. The number of ether oxygens (including phenoxy) is 1. The number of aliphatic hydroxyl groups is 2. The van der Waals surface area contributed by atoms with E-state index in [0.717, 1.165) is 19.3 Å². The second kappa shape index (κ2) is 7.51. The van der Waals surface area contributed by atoms with E-state index in [-0.39, 0.29) is 0 Å². The molecule has 2 rings (SSSR count). The van der Waals surface area contributed by atoms with Crippen molar-refractivity contribution in [2.45, 2.75) is 50.7 Å². The third-order valence-electron chi connectivity index (χ3n) is 3.83. The van der Waals surface area contributed by atoms with Gasteiger partial charge in [-0.3, -0.25) is 0 Å². The lowest BCUT2D eigenvalue weighted by Gasteiger charge is -2.41. The zero-order valence-corrected chi connectivity index (χ0v) is 10.4. The van der Waals surface area contributed by atoms with Crippen LogP contribution in [-0.2, 0) is 4.74 Å². The van der Waals surface area contributed by atoms with E-state index in [2.05, 4.69) is 17.9 Å². The molecular weight excluding hydrogens is 216 g/mol. The fraction of sp³-hybridized carbons (Fsp3) is 0.714. The summed E-state index contributed by atoms with van der Waals surface area (Å²) in [6.07, 6.45) is 8.66. The Balaban J connectivity index is 0.000000249. The minimum Gasteiger partial charge on any atom is -0.474 e. The van der Waals surface area contributed by atoms with Crippen molar-refractivity contribution < 1.29 is 14.9 Å². The van der Waals surface area contributed by atoms with E-state index in [1.54, 1.807) is 0 Å². The minimum atomic E-state index is -0.440. The van der Waals surface area contributed by atoms with Crippen LogP contribution in [0.1, 0.15) is 38.5 Å². The second-order valence-electron chi connectivity index (χ2n) is 4.81. The van der Waals surface area contributed by atoms with Crippen molar-refractivity contribution in [3.05, 3.63) is 25.7 Å². The Bertz CT molecular complexity index is 232. The lowest BCUT2D eigenvalue weighted by molar-refractivity contribution is -0.0785.